The first kappa shape index (κ1) is 14.5. The molecule has 2 N–H and O–H groups in total. The molecule has 1 atom stereocenters. The number of nitro groups is 1. The normalized spacial score (nSPS) is 17.4. The fourth-order valence-electron chi connectivity index (χ4n) is 2.27. The Hall–Kier alpha value is -1.95. The second-order valence-corrected chi connectivity index (χ2v) is 5.52. The molecule has 0 radical (unpaired) electrons. The van der Waals surface area contributed by atoms with E-state index in [4.69, 9.17) is 0 Å². The van der Waals surface area contributed by atoms with Gasteiger partial charge in [-0.05, 0) is 38.7 Å². The maximum atomic E-state index is 12.1. The molecule has 20 heavy (non-hydrogen) atoms. The minimum absolute atomic E-state index is 0.0772. The zero-order valence-electron chi connectivity index (χ0n) is 11.5. The Morgan fingerprint density at radius 1 is 1.55 bits per heavy atom. The topological polar surface area (TPSA) is 92.5 Å². The third-order valence-electron chi connectivity index (χ3n) is 3.81. The molecule has 1 fully saturated rings. The van der Waals surface area contributed by atoms with Crippen molar-refractivity contribution in [2.45, 2.75) is 32.3 Å². The summed E-state index contributed by atoms with van der Waals surface area (Å²) < 4.78 is 0. The van der Waals surface area contributed by atoms with Gasteiger partial charge in [-0.15, -0.1) is 0 Å². The molecule has 0 aromatic heterocycles. The van der Waals surface area contributed by atoms with Crippen LogP contribution in [-0.4, -0.2) is 28.1 Å². The maximum Gasteiger partial charge on any atom is 0.273 e. The van der Waals surface area contributed by atoms with Gasteiger partial charge in [-0.2, -0.15) is 0 Å². The van der Waals surface area contributed by atoms with E-state index in [1.807, 2.05) is 0 Å². The lowest BCUT2D eigenvalue weighted by Crippen LogP contribution is -2.42. The molecule has 6 heteroatoms. The van der Waals surface area contributed by atoms with Crippen molar-refractivity contribution in [1.29, 1.82) is 0 Å². The van der Waals surface area contributed by atoms with Gasteiger partial charge in [0.1, 0.15) is 0 Å². The zero-order chi connectivity index (χ0) is 14.9. The zero-order valence-corrected chi connectivity index (χ0v) is 11.5. The standard InChI is InChI=1S/C14H18N2O4/c1-9-11(4-3-5-12(9)16(19)20)13(17)15-8-14(2,18)10-6-7-10/h3-5,10,18H,6-8H2,1-2H3,(H,15,17). The Morgan fingerprint density at radius 2 is 2.20 bits per heavy atom. The first-order valence-corrected chi connectivity index (χ1v) is 6.57. The summed E-state index contributed by atoms with van der Waals surface area (Å²) in [4.78, 5) is 22.4. The number of amides is 1. The maximum absolute atomic E-state index is 12.1. The van der Waals surface area contributed by atoms with Crippen molar-refractivity contribution in [3.63, 3.8) is 0 Å². The lowest BCUT2D eigenvalue weighted by Gasteiger charge is -2.23. The van der Waals surface area contributed by atoms with E-state index < -0.39 is 16.4 Å². The number of aliphatic hydroxyl groups is 1. The van der Waals surface area contributed by atoms with Gasteiger partial charge in [0.05, 0.1) is 10.5 Å². The molecule has 1 aromatic carbocycles. The second kappa shape index (κ2) is 5.20. The van der Waals surface area contributed by atoms with Crippen LogP contribution in [0.15, 0.2) is 18.2 Å². The fraction of sp³-hybridized carbons (Fsp3) is 0.500. The Bertz CT molecular complexity index is 550. The van der Waals surface area contributed by atoms with Crippen LogP contribution in [0.25, 0.3) is 0 Å². The number of benzene rings is 1. The molecule has 0 aliphatic heterocycles. The van der Waals surface area contributed by atoms with Crippen molar-refractivity contribution < 1.29 is 14.8 Å². The molecule has 6 nitrogen and oxygen atoms in total. The third kappa shape index (κ3) is 2.96. The van der Waals surface area contributed by atoms with E-state index in [-0.39, 0.29) is 23.7 Å². The summed E-state index contributed by atoms with van der Waals surface area (Å²) in [6.07, 6.45) is 1.94. The molecule has 2 rings (SSSR count). The van der Waals surface area contributed by atoms with Crippen molar-refractivity contribution in [3.8, 4) is 0 Å². The fourth-order valence-corrected chi connectivity index (χ4v) is 2.27. The van der Waals surface area contributed by atoms with E-state index >= 15 is 0 Å². The molecule has 0 heterocycles. The molecule has 1 aliphatic rings. The van der Waals surface area contributed by atoms with Crippen molar-refractivity contribution in [2.24, 2.45) is 5.92 Å². The number of nitrogens with one attached hydrogen (secondary N) is 1. The molecular formula is C14H18N2O4. The number of carbonyl (C=O) groups is 1. The summed E-state index contributed by atoms with van der Waals surface area (Å²) in [5, 5.41) is 23.6. The van der Waals surface area contributed by atoms with Gasteiger partial charge < -0.3 is 10.4 Å². The van der Waals surface area contributed by atoms with Gasteiger partial charge in [-0.3, -0.25) is 14.9 Å². The molecule has 0 saturated heterocycles. The molecule has 1 saturated carbocycles. The second-order valence-electron chi connectivity index (χ2n) is 5.52. The number of rotatable bonds is 5. The van der Waals surface area contributed by atoms with Crippen LogP contribution in [-0.2, 0) is 0 Å². The Kier molecular flexibility index (Phi) is 3.76. The van der Waals surface area contributed by atoms with Gasteiger partial charge >= 0.3 is 0 Å². The van der Waals surface area contributed by atoms with Gasteiger partial charge in [-0.1, -0.05) is 6.07 Å². The highest BCUT2D eigenvalue weighted by Crippen LogP contribution is 2.39. The van der Waals surface area contributed by atoms with Gasteiger partial charge in [0.15, 0.2) is 0 Å². The number of nitro benzene ring substituents is 1. The summed E-state index contributed by atoms with van der Waals surface area (Å²) in [5.74, 6) is -0.166. The highest BCUT2D eigenvalue weighted by molar-refractivity contribution is 5.96. The van der Waals surface area contributed by atoms with Crippen LogP contribution >= 0.6 is 0 Å². The van der Waals surface area contributed by atoms with Gasteiger partial charge in [0.25, 0.3) is 11.6 Å². The van der Waals surface area contributed by atoms with Gasteiger partial charge in [0.2, 0.25) is 0 Å². The van der Waals surface area contributed by atoms with E-state index in [0.717, 1.165) is 12.8 Å². The van der Waals surface area contributed by atoms with Crippen LogP contribution in [0.3, 0.4) is 0 Å². The monoisotopic (exact) mass is 278 g/mol. The summed E-state index contributed by atoms with van der Waals surface area (Å²) in [6, 6.07) is 4.40. The van der Waals surface area contributed by atoms with E-state index in [0.29, 0.717) is 5.56 Å². The Balaban J connectivity index is 2.09. The van der Waals surface area contributed by atoms with Crippen LogP contribution in [0.2, 0.25) is 0 Å². The predicted molar refractivity (Wildman–Crippen MR) is 73.5 cm³/mol. The number of hydrogen-bond acceptors (Lipinski definition) is 4. The van der Waals surface area contributed by atoms with Crippen LogP contribution in [0.1, 0.15) is 35.7 Å². The number of nitrogens with zero attached hydrogens (tertiary/aromatic N) is 1. The van der Waals surface area contributed by atoms with Gasteiger partial charge in [0, 0.05) is 23.7 Å². The van der Waals surface area contributed by atoms with Crippen molar-refractivity contribution in [2.75, 3.05) is 6.54 Å². The average molecular weight is 278 g/mol. The molecule has 1 aromatic rings. The van der Waals surface area contributed by atoms with Crippen molar-refractivity contribution >= 4 is 11.6 Å². The molecule has 1 amide bonds. The molecule has 1 aliphatic carbocycles. The van der Waals surface area contributed by atoms with Crippen LogP contribution in [0.4, 0.5) is 5.69 Å². The Labute approximate surface area is 117 Å². The summed E-state index contributed by atoms with van der Waals surface area (Å²) >= 11 is 0. The van der Waals surface area contributed by atoms with E-state index in [9.17, 15) is 20.0 Å². The quantitative estimate of drug-likeness (QED) is 0.634. The smallest absolute Gasteiger partial charge is 0.273 e. The first-order valence-electron chi connectivity index (χ1n) is 6.57. The van der Waals surface area contributed by atoms with Crippen LogP contribution in [0.5, 0.6) is 0 Å². The minimum atomic E-state index is -0.912. The third-order valence-corrected chi connectivity index (χ3v) is 3.81. The lowest BCUT2D eigenvalue weighted by atomic mass is 10.00. The van der Waals surface area contributed by atoms with Crippen LogP contribution < -0.4 is 5.32 Å². The summed E-state index contributed by atoms with van der Waals surface area (Å²) in [5.41, 5.74) is -0.386. The first-order chi connectivity index (χ1) is 9.33. The average Bonchev–Trinajstić information content (AvgIpc) is 3.20. The van der Waals surface area contributed by atoms with Crippen LogP contribution in [0, 0.1) is 23.0 Å². The number of hydrogen-bond donors (Lipinski definition) is 2. The van der Waals surface area contributed by atoms with Gasteiger partial charge in [-0.25, -0.2) is 0 Å². The number of carbonyl (C=O) groups excluding carboxylic acids is 1. The summed E-state index contributed by atoms with van der Waals surface area (Å²) in [6.45, 7) is 3.40. The SMILES string of the molecule is Cc1c(C(=O)NCC(C)(O)C2CC2)cccc1[N+](=O)[O-]. The molecular weight excluding hydrogens is 260 g/mol. The molecule has 1 unspecified atom stereocenters. The van der Waals surface area contributed by atoms with Crippen molar-refractivity contribution in [1.82, 2.24) is 5.32 Å². The molecule has 108 valence electrons. The Morgan fingerprint density at radius 3 is 2.75 bits per heavy atom. The van der Waals surface area contributed by atoms with E-state index in [1.54, 1.807) is 19.9 Å². The van der Waals surface area contributed by atoms with E-state index in [1.165, 1.54) is 12.1 Å². The highest BCUT2D eigenvalue weighted by atomic mass is 16.6. The van der Waals surface area contributed by atoms with E-state index in [2.05, 4.69) is 5.32 Å². The highest BCUT2D eigenvalue weighted by Gasteiger charge is 2.40. The predicted octanol–water partition coefficient (Wildman–Crippen LogP) is 1.79. The molecule has 0 bridgehead atoms. The van der Waals surface area contributed by atoms with Crippen molar-refractivity contribution in [3.05, 3.63) is 39.4 Å². The largest absolute Gasteiger partial charge is 0.388 e. The lowest BCUT2D eigenvalue weighted by molar-refractivity contribution is -0.385. The summed E-state index contributed by atoms with van der Waals surface area (Å²) in [7, 11) is 0. The minimum Gasteiger partial charge on any atom is -0.388 e. The molecule has 0 spiro atoms.